The molecule has 2 aliphatic rings. The highest BCUT2D eigenvalue weighted by Crippen LogP contribution is 2.22. The Labute approximate surface area is 80.6 Å². The van der Waals surface area contributed by atoms with Crippen molar-refractivity contribution in [2.45, 2.75) is 27.2 Å². The molecule has 1 heterocycles. The summed E-state index contributed by atoms with van der Waals surface area (Å²) in [7, 11) is 0. The third-order valence-electron chi connectivity index (χ3n) is 2.12. The van der Waals surface area contributed by atoms with Crippen LogP contribution in [0.1, 0.15) is 27.2 Å². The van der Waals surface area contributed by atoms with Crippen molar-refractivity contribution in [3.63, 3.8) is 0 Å². The summed E-state index contributed by atoms with van der Waals surface area (Å²) in [6, 6.07) is 0. The fourth-order valence-corrected chi connectivity index (χ4v) is 1.46. The van der Waals surface area contributed by atoms with Gasteiger partial charge in [-0.05, 0) is 24.5 Å². The molecule has 0 atom stereocenters. The van der Waals surface area contributed by atoms with Gasteiger partial charge in [-0.1, -0.05) is 38.2 Å². The van der Waals surface area contributed by atoms with Gasteiger partial charge in [-0.25, -0.2) is 0 Å². The van der Waals surface area contributed by atoms with Crippen LogP contribution < -0.4 is 0 Å². The molecule has 0 unspecified atom stereocenters. The highest BCUT2D eigenvalue weighted by atomic mass is 14.8. The molecule has 0 spiro atoms. The van der Waals surface area contributed by atoms with Gasteiger partial charge in [-0.2, -0.15) is 0 Å². The molecule has 0 aromatic rings. The number of hydrogen-bond donors (Lipinski definition) is 0. The summed E-state index contributed by atoms with van der Waals surface area (Å²) < 4.78 is 0. The lowest BCUT2D eigenvalue weighted by Crippen LogP contribution is -1.91. The van der Waals surface area contributed by atoms with Crippen molar-refractivity contribution in [1.82, 2.24) is 0 Å². The monoisotopic (exact) mass is 175 g/mol. The average molecular weight is 175 g/mol. The van der Waals surface area contributed by atoms with E-state index in [2.05, 4.69) is 36.2 Å². The first-order valence-electron chi connectivity index (χ1n) is 4.95. The van der Waals surface area contributed by atoms with Crippen molar-refractivity contribution < 1.29 is 0 Å². The second-order valence-corrected chi connectivity index (χ2v) is 2.88. The van der Waals surface area contributed by atoms with Gasteiger partial charge >= 0.3 is 0 Å². The van der Waals surface area contributed by atoms with E-state index in [0.29, 0.717) is 0 Å². The first-order valence-corrected chi connectivity index (χ1v) is 4.95. The van der Waals surface area contributed by atoms with E-state index in [1.54, 1.807) is 0 Å². The molecular weight excluding hydrogens is 158 g/mol. The molecule has 0 radical (unpaired) electrons. The van der Waals surface area contributed by atoms with Crippen molar-refractivity contribution >= 4 is 5.71 Å². The van der Waals surface area contributed by atoms with Gasteiger partial charge in [-0.3, -0.25) is 4.99 Å². The summed E-state index contributed by atoms with van der Waals surface area (Å²) in [6.45, 7) is 6.96. The van der Waals surface area contributed by atoms with Crippen LogP contribution in [0.2, 0.25) is 0 Å². The van der Waals surface area contributed by atoms with Crippen LogP contribution in [0.3, 0.4) is 0 Å². The Morgan fingerprint density at radius 3 is 2.85 bits per heavy atom. The van der Waals surface area contributed by atoms with Crippen LogP contribution in [0, 0.1) is 0 Å². The first kappa shape index (κ1) is 9.97. The maximum Gasteiger partial charge on any atom is 0.0646 e. The zero-order chi connectivity index (χ0) is 9.68. The van der Waals surface area contributed by atoms with Gasteiger partial charge in [0.1, 0.15) is 0 Å². The molecule has 70 valence electrons. The largest absolute Gasteiger partial charge is 0.285 e. The van der Waals surface area contributed by atoms with Crippen LogP contribution in [-0.2, 0) is 0 Å². The lowest BCUT2D eigenvalue weighted by molar-refractivity contribution is 1.20. The van der Waals surface area contributed by atoms with E-state index in [1.807, 2.05) is 13.8 Å². The van der Waals surface area contributed by atoms with Gasteiger partial charge < -0.3 is 0 Å². The second kappa shape index (κ2) is 4.80. The Bertz CT molecular complexity index is 290. The molecule has 0 aromatic carbocycles. The fourth-order valence-electron chi connectivity index (χ4n) is 1.46. The van der Waals surface area contributed by atoms with Crippen LogP contribution in [0.15, 0.2) is 40.4 Å². The number of allylic oxidation sites excluding steroid dienone is 4. The molecule has 1 nitrogen and oxygen atoms in total. The Balaban J connectivity index is 0.000000396. The molecule has 1 heteroatoms. The average Bonchev–Trinajstić information content (AvgIpc) is 2.44. The molecule has 0 fully saturated rings. The van der Waals surface area contributed by atoms with Gasteiger partial charge in [0.25, 0.3) is 0 Å². The SMILES string of the molecule is CC.CC1=NCC2=CCC=CC=C21. The van der Waals surface area contributed by atoms with Gasteiger partial charge in [-0.15, -0.1) is 0 Å². The van der Waals surface area contributed by atoms with E-state index in [4.69, 9.17) is 0 Å². The summed E-state index contributed by atoms with van der Waals surface area (Å²) in [5.74, 6) is 0. The number of nitrogens with zero attached hydrogens (tertiary/aromatic N) is 1. The molecule has 0 saturated heterocycles. The van der Waals surface area contributed by atoms with Crippen LogP contribution in [-0.4, -0.2) is 12.3 Å². The predicted molar refractivity (Wildman–Crippen MR) is 59.2 cm³/mol. The first-order chi connectivity index (χ1) is 6.38. The number of aliphatic imine (C=N–C) groups is 1. The molecule has 0 amide bonds. The Morgan fingerprint density at radius 1 is 1.31 bits per heavy atom. The molecule has 0 aromatic heterocycles. The van der Waals surface area contributed by atoms with Crippen molar-refractivity contribution in [1.29, 1.82) is 0 Å². The van der Waals surface area contributed by atoms with Crippen LogP contribution in [0.4, 0.5) is 0 Å². The van der Waals surface area contributed by atoms with Crippen molar-refractivity contribution in [2.75, 3.05) is 6.54 Å². The van der Waals surface area contributed by atoms with Crippen molar-refractivity contribution in [2.24, 2.45) is 4.99 Å². The summed E-state index contributed by atoms with van der Waals surface area (Å²) >= 11 is 0. The van der Waals surface area contributed by atoms with Gasteiger partial charge in [0.05, 0.1) is 6.54 Å². The van der Waals surface area contributed by atoms with Crippen molar-refractivity contribution in [3.05, 3.63) is 35.5 Å². The third kappa shape index (κ3) is 2.18. The fraction of sp³-hybridized carbons (Fsp3) is 0.417. The Hall–Kier alpha value is -1.11. The van der Waals surface area contributed by atoms with Gasteiger partial charge in [0.15, 0.2) is 0 Å². The molecular formula is C12H17N. The highest BCUT2D eigenvalue weighted by Gasteiger charge is 2.13. The number of fused-ring (bicyclic) bond motifs is 1. The van der Waals surface area contributed by atoms with Crippen molar-refractivity contribution in [3.8, 4) is 0 Å². The number of rotatable bonds is 0. The molecule has 0 saturated carbocycles. The molecule has 0 N–H and O–H groups in total. The molecule has 2 rings (SSSR count). The normalized spacial score (nSPS) is 18.8. The summed E-state index contributed by atoms with van der Waals surface area (Å²) in [4.78, 5) is 4.37. The molecule has 0 bridgehead atoms. The molecule has 1 aliphatic heterocycles. The lowest BCUT2D eigenvalue weighted by atomic mass is 10.1. The molecule has 13 heavy (non-hydrogen) atoms. The Kier molecular flexibility index (Phi) is 3.69. The standard InChI is InChI=1S/C10H11N.C2H6/c1-8-10-6-4-2-3-5-9(10)7-11-8;1-2/h2,4-6H,3,7H2,1H3;1-2H3. The summed E-state index contributed by atoms with van der Waals surface area (Å²) in [5, 5.41) is 0. The summed E-state index contributed by atoms with van der Waals surface area (Å²) in [6.07, 6.45) is 9.76. The van der Waals surface area contributed by atoms with Gasteiger partial charge in [0.2, 0.25) is 0 Å². The van der Waals surface area contributed by atoms with Crippen LogP contribution in [0.25, 0.3) is 0 Å². The summed E-state index contributed by atoms with van der Waals surface area (Å²) in [5.41, 5.74) is 3.91. The lowest BCUT2D eigenvalue weighted by Gasteiger charge is -1.96. The van der Waals surface area contributed by atoms with Gasteiger partial charge in [0, 0.05) is 5.71 Å². The predicted octanol–water partition coefficient (Wildman–Crippen LogP) is 3.30. The van der Waals surface area contributed by atoms with E-state index in [1.165, 1.54) is 16.9 Å². The minimum absolute atomic E-state index is 0.888. The quantitative estimate of drug-likeness (QED) is 0.535. The maximum atomic E-state index is 4.37. The van der Waals surface area contributed by atoms with E-state index in [-0.39, 0.29) is 0 Å². The number of hydrogen-bond acceptors (Lipinski definition) is 1. The minimum Gasteiger partial charge on any atom is -0.285 e. The Morgan fingerprint density at radius 2 is 2.08 bits per heavy atom. The minimum atomic E-state index is 0.888. The topological polar surface area (TPSA) is 12.4 Å². The van der Waals surface area contributed by atoms with E-state index < -0.39 is 0 Å². The van der Waals surface area contributed by atoms with E-state index in [0.717, 1.165) is 13.0 Å². The second-order valence-electron chi connectivity index (χ2n) is 2.88. The maximum absolute atomic E-state index is 4.37. The molecule has 1 aliphatic carbocycles. The van der Waals surface area contributed by atoms with E-state index >= 15 is 0 Å². The third-order valence-corrected chi connectivity index (χ3v) is 2.12. The van der Waals surface area contributed by atoms with E-state index in [9.17, 15) is 0 Å². The zero-order valence-electron chi connectivity index (χ0n) is 8.67. The zero-order valence-corrected chi connectivity index (χ0v) is 8.67. The smallest absolute Gasteiger partial charge is 0.0646 e. The highest BCUT2D eigenvalue weighted by molar-refractivity contribution is 6.05. The van der Waals surface area contributed by atoms with Crippen LogP contribution >= 0.6 is 0 Å². The van der Waals surface area contributed by atoms with Crippen LogP contribution in [0.5, 0.6) is 0 Å².